The first kappa shape index (κ1) is 28.3. The Labute approximate surface area is 149 Å². The average Bonchev–Trinajstić information content (AvgIpc) is 2.15. The van der Waals surface area contributed by atoms with E-state index in [1.807, 2.05) is 0 Å². The van der Waals surface area contributed by atoms with E-state index in [0.717, 1.165) is 0 Å². The number of allylic oxidation sites excluding steroid dienone is 8. The molecule has 2 N–H and O–H groups in total. The fraction of sp³-hybridized carbons (Fsp3) is 0.500. The predicted octanol–water partition coefficient (Wildman–Crippen LogP) is 4.99. The zero-order valence-electron chi connectivity index (χ0n) is 11.8. The SMILES string of the molecule is C1=C\CC/C=C\CC/1.C1=C\CC/C=C\CC/1.[OH-].[OH-].[Rh+2].[Rh+2]. The van der Waals surface area contributed by atoms with Crippen LogP contribution in [0, 0.1) is 0 Å². The van der Waals surface area contributed by atoms with Crippen molar-refractivity contribution in [1.29, 1.82) is 0 Å². The van der Waals surface area contributed by atoms with E-state index >= 15 is 0 Å². The average molecular weight is 456 g/mol. The maximum Gasteiger partial charge on any atom is 2.00 e. The molecule has 2 radical (unpaired) electrons. The minimum Gasteiger partial charge on any atom is -0.870 e. The van der Waals surface area contributed by atoms with Crippen LogP contribution in [-0.4, -0.2) is 11.0 Å². The van der Waals surface area contributed by atoms with Crippen molar-refractivity contribution >= 4 is 0 Å². The van der Waals surface area contributed by atoms with Crippen LogP contribution in [0.5, 0.6) is 0 Å². The van der Waals surface area contributed by atoms with Crippen LogP contribution in [0.3, 0.4) is 0 Å². The quantitative estimate of drug-likeness (QED) is 0.381. The molecular formula is C16H26O2Rh2+2. The van der Waals surface area contributed by atoms with Crippen molar-refractivity contribution in [3.8, 4) is 0 Å². The maximum absolute atomic E-state index is 2.27. The van der Waals surface area contributed by atoms with Gasteiger partial charge in [-0.15, -0.1) is 0 Å². The molecule has 0 aliphatic heterocycles. The summed E-state index contributed by atoms with van der Waals surface area (Å²) in [6.45, 7) is 0. The predicted molar refractivity (Wildman–Crippen MR) is 77.4 cm³/mol. The van der Waals surface area contributed by atoms with Gasteiger partial charge in [-0.3, -0.25) is 0 Å². The van der Waals surface area contributed by atoms with E-state index in [1.165, 1.54) is 51.4 Å². The van der Waals surface area contributed by atoms with E-state index in [-0.39, 0.29) is 49.9 Å². The van der Waals surface area contributed by atoms with Gasteiger partial charge >= 0.3 is 39.0 Å². The Morgan fingerprint density at radius 1 is 0.300 bits per heavy atom. The molecule has 0 bridgehead atoms. The van der Waals surface area contributed by atoms with Gasteiger partial charge in [0, 0.05) is 0 Å². The molecule has 0 heterocycles. The van der Waals surface area contributed by atoms with Crippen molar-refractivity contribution in [2.24, 2.45) is 0 Å². The van der Waals surface area contributed by atoms with Crippen LogP contribution in [0.1, 0.15) is 51.4 Å². The molecular weight excluding hydrogens is 430 g/mol. The summed E-state index contributed by atoms with van der Waals surface area (Å²) in [6.07, 6.45) is 28.0. The third kappa shape index (κ3) is 20.4. The van der Waals surface area contributed by atoms with Gasteiger partial charge in [0.25, 0.3) is 0 Å². The van der Waals surface area contributed by atoms with Gasteiger partial charge in [-0.25, -0.2) is 0 Å². The minimum absolute atomic E-state index is 0. The summed E-state index contributed by atoms with van der Waals surface area (Å²) in [6, 6.07) is 0. The Morgan fingerprint density at radius 2 is 0.400 bits per heavy atom. The first-order valence-electron chi connectivity index (χ1n) is 6.60. The Hall–Kier alpha value is 0.127. The Kier molecular flexibility index (Phi) is 34.2. The van der Waals surface area contributed by atoms with Crippen LogP contribution in [0.4, 0.5) is 0 Å². The molecule has 118 valence electrons. The van der Waals surface area contributed by atoms with Gasteiger partial charge in [-0.1, -0.05) is 48.6 Å². The van der Waals surface area contributed by atoms with Crippen LogP contribution in [0.15, 0.2) is 48.6 Å². The smallest absolute Gasteiger partial charge is 0.870 e. The van der Waals surface area contributed by atoms with Gasteiger partial charge in [0.05, 0.1) is 0 Å². The monoisotopic (exact) mass is 456 g/mol. The topological polar surface area (TPSA) is 60.0 Å². The van der Waals surface area contributed by atoms with Crippen LogP contribution in [0.25, 0.3) is 0 Å². The van der Waals surface area contributed by atoms with E-state index in [1.54, 1.807) is 0 Å². The zero-order valence-corrected chi connectivity index (χ0v) is 15.1. The van der Waals surface area contributed by atoms with Crippen LogP contribution in [-0.2, 0) is 39.0 Å². The zero-order chi connectivity index (χ0) is 11.3. The maximum atomic E-state index is 2.27. The molecule has 2 aliphatic rings. The van der Waals surface area contributed by atoms with E-state index < -0.39 is 0 Å². The van der Waals surface area contributed by atoms with Gasteiger partial charge < -0.3 is 11.0 Å². The summed E-state index contributed by atoms with van der Waals surface area (Å²) in [5.41, 5.74) is 0. The summed E-state index contributed by atoms with van der Waals surface area (Å²) < 4.78 is 0. The minimum atomic E-state index is 0. The van der Waals surface area contributed by atoms with E-state index in [4.69, 9.17) is 0 Å². The molecule has 2 aliphatic carbocycles. The first-order chi connectivity index (χ1) is 8.00. The fourth-order valence-corrected chi connectivity index (χ4v) is 1.71. The van der Waals surface area contributed by atoms with Crippen molar-refractivity contribution in [3.63, 3.8) is 0 Å². The van der Waals surface area contributed by atoms with E-state index in [9.17, 15) is 0 Å². The fourth-order valence-electron chi connectivity index (χ4n) is 1.71. The molecule has 0 aromatic rings. The first-order valence-corrected chi connectivity index (χ1v) is 6.60. The van der Waals surface area contributed by atoms with Gasteiger partial charge in [0.2, 0.25) is 0 Å². The van der Waals surface area contributed by atoms with Crippen LogP contribution >= 0.6 is 0 Å². The molecule has 2 rings (SSSR count). The molecule has 0 unspecified atom stereocenters. The molecule has 0 atom stereocenters. The van der Waals surface area contributed by atoms with Gasteiger partial charge in [0.1, 0.15) is 0 Å². The van der Waals surface area contributed by atoms with Crippen molar-refractivity contribution in [2.45, 2.75) is 51.4 Å². The number of hydrogen-bond acceptors (Lipinski definition) is 2. The summed E-state index contributed by atoms with van der Waals surface area (Å²) in [5.74, 6) is 0. The molecule has 0 spiro atoms. The van der Waals surface area contributed by atoms with Crippen molar-refractivity contribution in [1.82, 2.24) is 0 Å². The second-order valence-electron chi connectivity index (χ2n) is 4.20. The van der Waals surface area contributed by atoms with Gasteiger partial charge in [-0.2, -0.15) is 0 Å². The second-order valence-corrected chi connectivity index (χ2v) is 4.20. The summed E-state index contributed by atoms with van der Waals surface area (Å²) in [5, 5.41) is 0. The van der Waals surface area contributed by atoms with Crippen molar-refractivity contribution < 1.29 is 49.9 Å². The molecule has 2 nitrogen and oxygen atoms in total. The molecule has 0 aromatic carbocycles. The van der Waals surface area contributed by atoms with Crippen LogP contribution < -0.4 is 0 Å². The molecule has 0 saturated heterocycles. The van der Waals surface area contributed by atoms with Crippen LogP contribution in [0.2, 0.25) is 0 Å². The third-order valence-corrected chi connectivity index (χ3v) is 2.67. The molecule has 0 amide bonds. The Bertz CT molecular complexity index is 192. The molecule has 0 aromatic heterocycles. The molecule has 0 saturated carbocycles. The normalized spacial score (nSPS) is 22.4. The summed E-state index contributed by atoms with van der Waals surface area (Å²) >= 11 is 0. The molecule has 20 heavy (non-hydrogen) atoms. The summed E-state index contributed by atoms with van der Waals surface area (Å²) in [7, 11) is 0. The molecule has 0 fully saturated rings. The number of rotatable bonds is 0. The Balaban J connectivity index is -0.000000107. The summed E-state index contributed by atoms with van der Waals surface area (Å²) in [4.78, 5) is 0. The van der Waals surface area contributed by atoms with E-state index in [0.29, 0.717) is 0 Å². The van der Waals surface area contributed by atoms with Crippen molar-refractivity contribution in [2.75, 3.05) is 0 Å². The van der Waals surface area contributed by atoms with Gasteiger partial charge in [0.15, 0.2) is 0 Å². The van der Waals surface area contributed by atoms with E-state index in [2.05, 4.69) is 48.6 Å². The van der Waals surface area contributed by atoms with Crippen molar-refractivity contribution in [3.05, 3.63) is 48.6 Å². The van der Waals surface area contributed by atoms with Gasteiger partial charge in [-0.05, 0) is 51.4 Å². The third-order valence-electron chi connectivity index (χ3n) is 2.67. The Morgan fingerprint density at radius 3 is 0.500 bits per heavy atom. The largest absolute Gasteiger partial charge is 2.00 e. The molecule has 4 heteroatoms. The second kappa shape index (κ2) is 24.2. The standard InChI is InChI=1S/2C8H12.2H2O.2Rh/c2*1-2-4-6-8-7-5-3-1;;;;/h2*1-2,7-8H,3-6H2;2*1H2;;/q;;;;2*+2/p-2/b2*2-1-,8-7-;;;;. The number of hydrogen-bond donors (Lipinski definition) is 0.